The lowest BCUT2D eigenvalue weighted by Gasteiger charge is -2.10. The first-order chi connectivity index (χ1) is 6.63. The van der Waals surface area contributed by atoms with Crippen LogP contribution in [0, 0.1) is 0 Å². The highest BCUT2D eigenvalue weighted by Crippen LogP contribution is 2.20. The Bertz CT molecular complexity index is 310. The van der Waals surface area contributed by atoms with E-state index in [-0.39, 0.29) is 12.3 Å². The Hall–Kier alpha value is -1.06. The highest BCUT2D eigenvalue weighted by molar-refractivity contribution is 6.30. The molecule has 3 nitrogen and oxygen atoms in total. The van der Waals surface area contributed by atoms with Crippen molar-refractivity contribution in [2.24, 2.45) is 0 Å². The van der Waals surface area contributed by atoms with Gasteiger partial charge in [0.15, 0.2) is 0 Å². The summed E-state index contributed by atoms with van der Waals surface area (Å²) in [5.74, 6) is -0.821. The lowest BCUT2D eigenvalue weighted by Crippen LogP contribution is -2.53. The number of quaternary nitrogens is 1. The summed E-state index contributed by atoms with van der Waals surface area (Å²) in [6, 6.07) is 7.23. The molecule has 0 aliphatic heterocycles. The molecule has 1 aromatic rings. The standard InChI is InChI=1S/C10H12ClNO2/c11-9-3-1-7(2-4-9)8(6-12)5-10(13)14/h1-4,8H,5-6,12H2,(H,13,14)/p+1. The first kappa shape index (κ1) is 11.0. The van der Waals surface area contributed by atoms with Crippen LogP contribution in [0.1, 0.15) is 17.9 Å². The Morgan fingerprint density at radius 1 is 1.43 bits per heavy atom. The predicted molar refractivity (Wildman–Crippen MR) is 54.2 cm³/mol. The normalized spacial score (nSPS) is 12.4. The Labute approximate surface area is 87.5 Å². The molecule has 1 unspecified atom stereocenters. The topological polar surface area (TPSA) is 64.9 Å². The summed E-state index contributed by atoms with van der Waals surface area (Å²) in [5.41, 5.74) is 4.72. The SMILES string of the molecule is [NH3+]CC(CC(=O)O)c1ccc(Cl)cc1. The molecule has 0 heterocycles. The van der Waals surface area contributed by atoms with Gasteiger partial charge in [0, 0.05) is 10.9 Å². The summed E-state index contributed by atoms with van der Waals surface area (Å²) in [6.07, 6.45) is 0.116. The second-order valence-electron chi connectivity index (χ2n) is 3.14. The van der Waals surface area contributed by atoms with E-state index in [2.05, 4.69) is 5.73 Å². The lowest BCUT2D eigenvalue weighted by molar-refractivity contribution is -0.372. The average molecular weight is 215 g/mol. The van der Waals surface area contributed by atoms with Crippen LogP contribution in [-0.4, -0.2) is 17.6 Å². The van der Waals surface area contributed by atoms with Gasteiger partial charge in [0.05, 0.1) is 13.0 Å². The molecule has 4 N–H and O–H groups in total. The molecule has 76 valence electrons. The molecule has 1 atom stereocenters. The number of carboxylic acid groups (broad SMARTS) is 1. The minimum atomic E-state index is -0.798. The molecule has 0 fully saturated rings. The third-order valence-corrected chi connectivity index (χ3v) is 2.36. The van der Waals surface area contributed by atoms with E-state index < -0.39 is 5.97 Å². The van der Waals surface area contributed by atoms with Crippen molar-refractivity contribution in [1.29, 1.82) is 0 Å². The minimum Gasteiger partial charge on any atom is -0.481 e. The number of aliphatic carboxylic acids is 1. The van der Waals surface area contributed by atoms with E-state index in [1.807, 2.05) is 12.1 Å². The zero-order valence-electron chi connectivity index (χ0n) is 7.74. The van der Waals surface area contributed by atoms with Gasteiger partial charge in [0.25, 0.3) is 0 Å². The molecular formula is C10H13ClNO2+. The first-order valence-electron chi connectivity index (χ1n) is 4.40. The molecular weight excluding hydrogens is 202 g/mol. The fourth-order valence-corrected chi connectivity index (χ4v) is 1.46. The summed E-state index contributed by atoms with van der Waals surface area (Å²) in [5, 5.41) is 9.34. The number of carboxylic acids is 1. The van der Waals surface area contributed by atoms with Crippen molar-refractivity contribution in [3.05, 3.63) is 34.9 Å². The molecule has 1 aromatic carbocycles. The predicted octanol–water partition coefficient (Wildman–Crippen LogP) is 1.14. The number of benzene rings is 1. The Balaban J connectivity index is 2.78. The van der Waals surface area contributed by atoms with Crippen LogP contribution in [0.15, 0.2) is 24.3 Å². The maximum atomic E-state index is 10.6. The molecule has 0 saturated heterocycles. The maximum Gasteiger partial charge on any atom is 0.304 e. The van der Waals surface area contributed by atoms with Crippen LogP contribution in [-0.2, 0) is 4.79 Å². The van der Waals surface area contributed by atoms with Crippen molar-refractivity contribution in [2.75, 3.05) is 6.54 Å². The van der Waals surface area contributed by atoms with Gasteiger partial charge >= 0.3 is 5.97 Å². The van der Waals surface area contributed by atoms with E-state index in [0.717, 1.165) is 5.56 Å². The molecule has 0 spiro atoms. The highest BCUT2D eigenvalue weighted by atomic mass is 35.5. The molecule has 0 amide bonds. The van der Waals surface area contributed by atoms with Crippen LogP contribution in [0.2, 0.25) is 5.02 Å². The van der Waals surface area contributed by atoms with E-state index in [0.29, 0.717) is 11.6 Å². The van der Waals surface area contributed by atoms with Crippen LogP contribution < -0.4 is 5.73 Å². The second kappa shape index (κ2) is 4.98. The minimum absolute atomic E-state index is 0.0234. The zero-order valence-corrected chi connectivity index (χ0v) is 8.50. The van der Waals surface area contributed by atoms with Gasteiger partial charge in [-0.05, 0) is 17.7 Å². The fourth-order valence-electron chi connectivity index (χ4n) is 1.33. The van der Waals surface area contributed by atoms with Gasteiger partial charge in [-0.15, -0.1) is 0 Å². The van der Waals surface area contributed by atoms with Gasteiger partial charge in [-0.2, -0.15) is 0 Å². The van der Waals surface area contributed by atoms with E-state index >= 15 is 0 Å². The summed E-state index contributed by atoms with van der Waals surface area (Å²) < 4.78 is 0. The van der Waals surface area contributed by atoms with Gasteiger partial charge in [0.2, 0.25) is 0 Å². The molecule has 1 rings (SSSR count). The molecule has 14 heavy (non-hydrogen) atoms. The van der Waals surface area contributed by atoms with Gasteiger partial charge in [-0.3, -0.25) is 4.79 Å². The number of carbonyl (C=O) groups is 1. The second-order valence-corrected chi connectivity index (χ2v) is 3.57. The molecule has 4 heteroatoms. The van der Waals surface area contributed by atoms with Crippen molar-refractivity contribution in [1.82, 2.24) is 0 Å². The van der Waals surface area contributed by atoms with E-state index in [1.54, 1.807) is 12.1 Å². The van der Waals surface area contributed by atoms with Crippen molar-refractivity contribution in [3.63, 3.8) is 0 Å². The van der Waals surface area contributed by atoms with Crippen molar-refractivity contribution in [2.45, 2.75) is 12.3 Å². The number of rotatable bonds is 4. The average Bonchev–Trinajstić information content (AvgIpc) is 2.15. The Morgan fingerprint density at radius 3 is 2.43 bits per heavy atom. The summed E-state index contributed by atoms with van der Waals surface area (Å²) in [6.45, 7) is 0.577. The first-order valence-corrected chi connectivity index (χ1v) is 4.77. The summed E-state index contributed by atoms with van der Waals surface area (Å²) >= 11 is 5.73. The Morgan fingerprint density at radius 2 is 2.00 bits per heavy atom. The molecule has 0 aliphatic rings. The lowest BCUT2D eigenvalue weighted by atomic mass is 9.96. The quantitative estimate of drug-likeness (QED) is 0.790. The largest absolute Gasteiger partial charge is 0.481 e. The number of hydrogen-bond acceptors (Lipinski definition) is 1. The third kappa shape index (κ3) is 3.01. The van der Waals surface area contributed by atoms with E-state index in [1.165, 1.54) is 0 Å². The van der Waals surface area contributed by atoms with Crippen LogP contribution in [0.3, 0.4) is 0 Å². The van der Waals surface area contributed by atoms with Gasteiger partial charge in [0.1, 0.15) is 0 Å². The van der Waals surface area contributed by atoms with Crippen LogP contribution in [0.25, 0.3) is 0 Å². The van der Waals surface area contributed by atoms with Crippen LogP contribution in [0.4, 0.5) is 0 Å². The molecule has 0 aromatic heterocycles. The number of hydrogen-bond donors (Lipinski definition) is 2. The van der Waals surface area contributed by atoms with Crippen LogP contribution >= 0.6 is 11.6 Å². The zero-order chi connectivity index (χ0) is 10.6. The maximum absolute atomic E-state index is 10.6. The van der Waals surface area contributed by atoms with E-state index in [9.17, 15) is 4.79 Å². The molecule has 0 bridgehead atoms. The Kier molecular flexibility index (Phi) is 3.92. The van der Waals surface area contributed by atoms with Crippen molar-refractivity contribution < 1.29 is 15.6 Å². The molecule has 0 saturated carbocycles. The van der Waals surface area contributed by atoms with Gasteiger partial charge < -0.3 is 10.8 Å². The smallest absolute Gasteiger partial charge is 0.304 e. The van der Waals surface area contributed by atoms with Gasteiger partial charge in [-0.25, -0.2) is 0 Å². The van der Waals surface area contributed by atoms with E-state index in [4.69, 9.17) is 16.7 Å². The molecule has 0 aliphatic carbocycles. The number of halogens is 1. The summed E-state index contributed by atoms with van der Waals surface area (Å²) in [4.78, 5) is 10.6. The third-order valence-electron chi connectivity index (χ3n) is 2.11. The molecule has 0 radical (unpaired) electrons. The monoisotopic (exact) mass is 214 g/mol. The van der Waals surface area contributed by atoms with Gasteiger partial charge in [-0.1, -0.05) is 23.7 Å². The fraction of sp³-hybridized carbons (Fsp3) is 0.300. The van der Waals surface area contributed by atoms with Crippen LogP contribution in [0.5, 0.6) is 0 Å². The van der Waals surface area contributed by atoms with Crippen molar-refractivity contribution in [3.8, 4) is 0 Å². The summed E-state index contributed by atoms with van der Waals surface area (Å²) in [7, 11) is 0. The van der Waals surface area contributed by atoms with Crippen molar-refractivity contribution >= 4 is 17.6 Å². The highest BCUT2D eigenvalue weighted by Gasteiger charge is 2.15.